The quantitative estimate of drug-likeness (QED) is 0.580. The number of nitrogens with one attached hydrogen (secondary N) is 2. The number of nitrogens with zero attached hydrogens (tertiary/aromatic N) is 2. The molecule has 10 heteroatoms. The van der Waals surface area contributed by atoms with Gasteiger partial charge in [-0.2, -0.15) is 13.2 Å². The average molecular weight is 447 g/mol. The van der Waals surface area contributed by atoms with Crippen molar-refractivity contribution in [1.82, 2.24) is 15.3 Å². The van der Waals surface area contributed by atoms with Gasteiger partial charge in [0, 0.05) is 37.0 Å². The van der Waals surface area contributed by atoms with Crippen LogP contribution < -0.4 is 10.6 Å². The van der Waals surface area contributed by atoms with Crippen LogP contribution >= 0.6 is 22.9 Å². The summed E-state index contributed by atoms with van der Waals surface area (Å²) in [4.78, 5) is 21.7. The van der Waals surface area contributed by atoms with E-state index in [0.717, 1.165) is 36.8 Å². The summed E-state index contributed by atoms with van der Waals surface area (Å²) >= 11 is 7.60. The van der Waals surface area contributed by atoms with Gasteiger partial charge < -0.3 is 10.6 Å². The number of aromatic nitrogens is 2. The number of hydrogen-bond donors (Lipinski definition) is 2. The summed E-state index contributed by atoms with van der Waals surface area (Å²) in [6.07, 6.45) is 2.72. The molecule has 0 radical (unpaired) electrons. The molecule has 2 aromatic heterocycles. The summed E-state index contributed by atoms with van der Waals surface area (Å²) in [5, 5.41) is 6.63. The van der Waals surface area contributed by atoms with Crippen LogP contribution in [-0.2, 0) is 30.2 Å². The van der Waals surface area contributed by atoms with E-state index in [-0.39, 0.29) is 29.7 Å². The molecule has 2 N–H and O–H groups in total. The summed E-state index contributed by atoms with van der Waals surface area (Å²) in [5.74, 6) is -0.0147. The predicted molar refractivity (Wildman–Crippen MR) is 107 cm³/mol. The van der Waals surface area contributed by atoms with Crippen molar-refractivity contribution >= 4 is 34.7 Å². The highest BCUT2D eigenvalue weighted by Crippen LogP contribution is 2.32. The number of hydrogen-bond acceptors (Lipinski definition) is 5. The summed E-state index contributed by atoms with van der Waals surface area (Å²) in [5.41, 5.74) is 0.341. The Morgan fingerprint density at radius 2 is 2.03 bits per heavy atom. The van der Waals surface area contributed by atoms with Crippen LogP contribution in [0.15, 0.2) is 12.3 Å². The standard InChI is InChI=1S/C19H22ClF3N4OS/c20-13-10-12(19(21,22)23)11-26-18(13)25-9-7-16(28)24-8-3-6-17-27-14-4-1-2-5-15(14)29-17/h10-11H,1-9H2,(H,24,28)(H,25,26). The Morgan fingerprint density at radius 1 is 1.24 bits per heavy atom. The van der Waals surface area contributed by atoms with Gasteiger partial charge >= 0.3 is 6.18 Å². The minimum atomic E-state index is -4.49. The Balaban J connectivity index is 1.33. The molecule has 0 spiro atoms. The molecule has 3 rings (SSSR count). The maximum Gasteiger partial charge on any atom is 0.417 e. The maximum atomic E-state index is 12.6. The fourth-order valence-corrected chi connectivity index (χ4v) is 4.52. The van der Waals surface area contributed by atoms with Gasteiger partial charge in [-0.3, -0.25) is 4.79 Å². The van der Waals surface area contributed by atoms with Crippen molar-refractivity contribution in [2.24, 2.45) is 0 Å². The second kappa shape index (κ2) is 9.75. The molecule has 1 aliphatic carbocycles. The first-order valence-electron chi connectivity index (χ1n) is 9.53. The third kappa shape index (κ3) is 6.30. The molecule has 158 valence electrons. The number of carbonyl (C=O) groups excluding carboxylic acids is 1. The van der Waals surface area contributed by atoms with Crippen molar-refractivity contribution in [2.75, 3.05) is 18.4 Å². The zero-order chi connectivity index (χ0) is 20.9. The minimum Gasteiger partial charge on any atom is -0.368 e. The zero-order valence-corrected chi connectivity index (χ0v) is 17.3. The second-order valence-corrected chi connectivity index (χ2v) is 8.44. The van der Waals surface area contributed by atoms with E-state index in [1.54, 1.807) is 11.3 Å². The van der Waals surface area contributed by atoms with E-state index in [2.05, 4.69) is 20.6 Å². The number of aryl methyl sites for hydroxylation is 3. The van der Waals surface area contributed by atoms with Crippen LogP contribution in [-0.4, -0.2) is 29.0 Å². The van der Waals surface area contributed by atoms with Crippen molar-refractivity contribution in [3.05, 3.63) is 38.4 Å². The fraction of sp³-hybridized carbons (Fsp3) is 0.526. The molecule has 2 aromatic rings. The van der Waals surface area contributed by atoms with Crippen LogP contribution in [0.5, 0.6) is 0 Å². The van der Waals surface area contributed by atoms with Gasteiger partial charge in [0.2, 0.25) is 5.91 Å². The lowest BCUT2D eigenvalue weighted by atomic mass is 10.0. The molecule has 1 aliphatic rings. The number of rotatable bonds is 8. The molecule has 0 saturated heterocycles. The van der Waals surface area contributed by atoms with E-state index in [4.69, 9.17) is 11.6 Å². The number of pyridine rings is 1. The van der Waals surface area contributed by atoms with E-state index in [1.807, 2.05) is 0 Å². The first-order valence-corrected chi connectivity index (χ1v) is 10.7. The second-order valence-electron chi connectivity index (χ2n) is 6.87. The summed E-state index contributed by atoms with van der Waals surface area (Å²) in [6, 6.07) is 0.813. The van der Waals surface area contributed by atoms with Crippen molar-refractivity contribution in [2.45, 2.75) is 51.1 Å². The third-order valence-corrected chi connectivity index (χ3v) is 6.10. The molecule has 2 heterocycles. The molecule has 0 fully saturated rings. The van der Waals surface area contributed by atoms with Crippen LogP contribution in [0.4, 0.5) is 19.0 Å². The highest BCUT2D eigenvalue weighted by atomic mass is 35.5. The molecule has 29 heavy (non-hydrogen) atoms. The van der Waals surface area contributed by atoms with Crippen LogP contribution in [0.25, 0.3) is 0 Å². The first kappa shape index (κ1) is 21.8. The first-order chi connectivity index (χ1) is 13.8. The predicted octanol–water partition coefficient (Wildman–Crippen LogP) is 4.64. The van der Waals surface area contributed by atoms with Gasteiger partial charge in [-0.25, -0.2) is 9.97 Å². The highest BCUT2D eigenvalue weighted by molar-refractivity contribution is 7.11. The zero-order valence-electron chi connectivity index (χ0n) is 15.7. The van der Waals surface area contributed by atoms with Crippen molar-refractivity contribution in [3.63, 3.8) is 0 Å². The normalized spacial score (nSPS) is 13.8. The fourth-order valence-electron chi connectivity index (χ4n) is 3.09. The monoisotopic (exact) mass is 446 g/mol. The summed E-state index contributed by atoms with van der Waals surface area (Å²) in [7, 11) is 0. The number of fused-ring (bicyclic) bond motifs is 1. The molecular formula is C19H22ClF3N4OS. The van der Waals surface area contributed by atoms with Gasteiger partial charge in [-0.05, 0) is 38.2 Å². The lowest BCUT2D eigenvalue weighted by Crippen LogP contribution is -2.26. The van der Waals surface area contributed by atoms with Gasteiger partial charge in [-0.15, -0.1) is 11.3 Å². The molecule has 0 bridgehead atoms. The Hall–Kier alpha value is -1.87. The Morgan fingerprint density at radius 3 is 2.76 bits per heavy atom. The topological polar surface area (TPSA) is 66.9 Å². The van der Waals surface area contributed by atoms with Crippen LogP contribution in [0.2, 0.25) is 5.02 Å². The van der Waals surface area contributed by atoms with Gasteiger partial charge in [0.05, 0.1) is 21.3 Å². The Labute approximate surface area is 176 Å². The SMILES string of the molecule is O=C(CCNc1ncc(C(F)(F)F)cc1Cl)NCCCc1nc2c(s1)CCCC2. The molecule has 0 unspecified atom stereocenters. The highest BCUT2D eigenvalue weighted by Gasteiger charge is 2.31. The molecule has 0 aromatic carbocycles. The molecular weight excluding hydrogens is 425 g/mol. The maximum absolute atomic E-state index is 12.6. The summed E-state index contributed by atoms with van der Waals surface area (Å²) < 4.78 is 37.8. The molecule has 1 amide bonds. The Kier molecular flexibility index (Phi) is 7.34. The largest absolute Gasteiger partial charge is 0.417 e. The van der Waals surface area contributed by atoms with Gasteiger partial charge in [-0.1, -0.05) is 11.6 Å². The van der Waals surface area contributed by atoms with Crippen LogP contribution in [0, 0.1) is 0 Å². The van der Waals surface area contributed by atoms with E-state index in [0.29, 0.717) is 12.7 Å². The third-order valence-electron chi connectivity index (χ3n) is 4.59. The number of thiazole rings is 1. The van der Waals surface area contributed by atoms with Gasteiger partial charge in [0.15, 0.2) is 0 Å². The van der Waals surface area contributed by atoms with Crippen molar-refractivity contribution < 1.29 is 18.0 Å². The van der Waals surface area contributed by atoms with E-state index in [1.165, 1.54) is 23.4 Å². The number of anilines is 1. The minimum absolute atomic E-state index is 0.125. The van der Waals surface area contributed by atoms with Crippen molar-refractivity contribution in [1.29, 1.82) is 0 Å². The molecule has 5 nitrogen and oxygen atoms in total. The van der Waals surface area contributed by atoms with Crippen LogP contribution in [0.3, 0.4) is 0 Å². The number of alkyl halides is 3. The summed E-state index contributed by atoms with van der Waals surface area (Å²) in [6.45, 7) is 0.783. The number of halogens is 4. The van der Waals surface area contributed by atoms with Crippen molar-refractivity contribution in [3.8, 4) is 0 Å². The van der Waals surface area contributed by atoms with Gasteiger partial charge in [0.25, 0.3) is 0 Å². The van der Waals surface area contributed by atoms with E-state index >= 15 is 0 Å². The van der Waals surface area contributed by atoms with Gasteiger partial charge in [0.1, 0.15) is 5.82 Å². The number of carbonyl (C=O) groups is 1. The molecule has 0 atom stereocenters. The van der Waals surface area contributed by atoms with E-state index < -0.39 is 11.7 Å². The lowest BCUT2D eigenvalue weighted by molar-refractivity contribution is -0.137. The molecule has 0 aliphatic heterocycles. The average Bonchev–Trinajstić information content (AvgIpc) is 3.08. The smallest absolute Gasteiger partial charge is 0.368 e. The number of amides is 1. The lowest BCUT2D eigenvalue weighted by Gasteiger charge is -2.11. The van der Waals surface area contributed by atoms with E-state index in [9.17, 15) is 18.0 Å². The van der Waals surface area contributed by atoms with Crippen LogP contribution in [0.1, 0.15) is 46.8 Å². The molecule has 0 saturated carbocycles. The Bertz CT molecular complexity index is 833.